The second kappa shape index (κ2) is 12.8. The van der Waals surface area contributed by atoms with E-state index in [0.29, 0.717) is 5.82 Å². The first-order valence-corrected chi connectivity index (χ1v) is 17.0. The van der Waals surface area contributed by atoms with Crippen LogP contribution in [0.5, 0.6) is 0 Å². The summed E-state index contributed by atoms with van der Waals surface area (Å²) in [6.07, 6.45) is 0. The summed E-state index contributed by atoms with van der Waals surface area (Å²) in [5.74, 6) is 0.711. The molecule has 0 saturated heterocycles. The van der Waals surface area contributed by atoms with Gasteiger partial charge in [0.1, 0.15) is 0 Å². The van der Waals surface area contributed by atoms with Crippen LogP contribution in [0.1, 0.15) is 0 Å². The third kappa shape index (κ3) is 5.63. The van der Waals surface area contributed by atoms with Crippen LogP contribution in [0, 0.1) is 0 Å². The monoisotopic (exact) mass is 636 g/mol. The van der Waals surface area contributed by atoms with E-state index >= 15 is 0 Å². The Bertz CT molecular complexity index is 2610. The number of hydrogen-bond acceptors (Lipinski definition) is 2. The predicted molar refractivity (Wildman–Crippen MR) is 210 cm³/mol. The summed E-state index contributed by atoms with van der Waals surface area (Å²) in [5.41, 5.74) is 13.4. The smallest absolute Gasteiger partial charge is 0.160 e. The minimum absolute atomic E-state index is 0.711. The van der Waals surface area contributed by atoms with E-state index in [1.807, 2.05) is 6.07 Å². The lowest BCUT2D eigenvalue weighted by Gasteiger charge is -2.14. The summed E-state index contributed by atoms with van der Waals surface area (Å²) in [6.45, 7) is 0. The number of nitrogens with zero attached hydrogens (tertiary/aromatic N) is 2. The van der Waals surface area contributed by atoms with E-state index in [0.717, 1.165) is 49.8 Å². The molecule has 0 atom stereocenters. The van der Waals surface area contributed by atoms with Crippen molar-refractivity contribution >= 4 is 21.7 Å². The molecule has 1 heterocycles. The fourth-order valence-electron chi connectivity index (χ4n) is 6.90. The van der Waals surface area contributed by atoms with Crippen molar-refractivity contribution in [3.05, 3.63) is 194 Å². The topological polar surface area (TPSA) is 25.8 Å². The van der Waals surface area contributed by atoms with Crippen LogP contribution in [0.2, 0.25) is 0 Å². The molecule has 234 valence electrons. The van der Waals surface area contributed by atoms with E-state index in [4.69, 9.17) is 9.97 Å². The molecule has 0 unspecified atom stereocenters. The van der Waals surface area contributed by atoms with Crippen LogP contribution < -0.4 is 0 Å². The van der Waals surface area contributed by atoms with Crippen LogP contribution in [0.25, 0.3) is 88.8 Å². The van der Waals surface area contributed by atoms with Gasteiger partial charge in [0, 0.05) is 16.5 Å². The number of benzene rings is 8. The minimum atomic E-state index is 0.711. The number of rotatable bonds is 6. The third-order valence-electron chi connectivity index (χ3n) is 9.50. The molecule has 8 aromatic carbocycles. The van der Waals surface area contributed by atoms with E-state index in [1.54, 1.807) is 0 Å². The highest BCUT2D eigenvalue weighted by molar-refractivity contribution is 6.12. The fraction of sp³-hybridized carbons (Fsp3) is 0. The molecule has 1 aromatic heterocycles. The van der Waals surface area contributed by atoms with Gasteiger partial charge < -0.3 is 0 Å². The molecule has 0 saturated carbocycles. The van der Waals surface area contributed by atoms with E-state index in [9.17, 15) is 0 Å². The molecule has 0 amide bonds. The highest BCUT2D eigenvalue weighted by Gasteiger charge is 2.16. The van der Waals surface area contributed by atoms with E-state index in [-0.39, 0.29) is 0 Å². The van der Waals surface area contributed by atoms with Gasteiger partial charge in [0.25, 0.3) is 0 Å². The zero-order valence-corrected chi connectivity index (χ0v) is 27.4. The van der Waals surface area contributed by atoms with E-state index in [2.05, 4.69) is 188 Å². The predicted octanol–water partition coefficient (Wildman–Crippen LogP) is 12.8. The zero-order valence-electron chi connectivity index (χ0n) is 27.4. The van der Waals surface area contributed by atoms with Crippen LogP contribution in [0.3, 0.4) is 0 Å². The summed E-state index contributed by atoms with van der Waals surface area (Å²) in [4.78, 5) is 10.5. The second-order valence-corrected chi connectivity index (χ2v) is 12.6. The quantitative estimate of drug-likeness (QED) is 0.170. The van der Waals surface area contributed by atoms with Crippen molar-refractivity contribution in [2.75, 3.05) is 0 Å². The summed E-state index contributed by atoms with van der Waals surface area (Å²) < 4.78 is 0. The maximum atomic E-state index is 5.36. The summed E-state index contributed by atoms with van der Waals surface area (Å²) in [5, 5.41) is 3.39. The van der Waals surface area contributed by atoms with Gasteiger partial charge in [-0.25, -0.2) is 9.97 Å². The molecule has 0 aliphatic heterocycles. The second-order valence-electron chi connectivity index (χ2n) is 12.6. The molecule has 0 spiro atoms. The van der Waals surface area contributed by atoms with Crippen molar-refractivity contribution < 1.29 is 0 Å². The van der Waals surface area contributed by atoms with Gasteiger partial charge in [-0.05, 0) is 73.5 Å². The number of hydrogen-bond donors (Lipinski definition) is 0. The van der Waals surface area contributed by atoms with Gasteiger partial charge in [0.15, 0.2) is 5.82 Å². The molecule has 50 heavy (non-hydrogen) atoms. The van der Waals surface area contributed by atoms with Gasteiger partial charge in [0.05, 0.1) is 11.2 Å². The number of aromatic nitrogens is 2. The molecular formula is C48H32N2. The van der Waals surface area contributed by atoms with Crippen molar-refractivity contribution in [3.63, 3.8) is 0 Å². The Hall–Kier alpha value is -6.64. The van der Waals surface area contributed by atoms with Crippen molar-refractivity contribution in [3.8, 4) is 67.2 Å². The van der Waals surface area contributed by atoms with Crippen LogP contribution in [0.4, 0.5) is 0 Å². The van der Waals surface area contributed by atoms with Crippen LogP contribution in [0.15, 0.2) is 194 Å². The summed E-state index contributed by atoms with van der Waals surface area (Å²) >= 11 is 0. The largest absolute Gasteiger partial charge is 0.228 e. The molecule has 9 aromatic rings. The Labute approximate surface area is 292 Å². The van der Waals surface area contributed by atoms with Gasteiger partial charge in [0.2, 0.25) is 0 Å². The van der Waals surface area contributed by atoms with Gasteiger partial charge >= 0.3 is 0 Å². The minimum Gasteiger partial charge on any atom is -0.228 e. The van der Waals surface area contributed by atoms with Gasteiger partial charge in [-0.2, -0.15) is 0 Å². The van der Waals surface area contributed by atoms with Gasteiger partial charge in [-0.3, -0.25) is 0 Å². The lowest BCUT2D eigenvalue weighted by molar-refractivity contribution is 1.23. The molecular weight excluding hydrogens is 605 g/mol. The lowest BCUT2D eigenvalue weighted by Crippen LogP contribution is -1.96. The zero-order chi connectivity index (χ0) is 33.3. The summed E-state index contributed by atoms with van der Waals surface area (Å²) in [6, 6.07) is 68.7. The SMILES string of the molecule is c1ccc(-c2ccc(-c3cccc(-c4nc(-c5cccc(-c6ccc(-c7ccccc7)cc6)c5)c5c(ccc6ccccc65)n4)c3)cc2)cc1. The maximum absolute atomic E-state index is 5.36. The van der Waals surface area contributed by atoms with E-state index in [1.165, 1.54) is 33.2 Å². The Kier molecular flexibility index (Phi) is 7.53. The summed E-state index contributed by atoms with van der Waals surface area (Å²) in [7, 11) is 0. The molecule has 9 rings (SSSR count). The van der Waals surface area contributed by atoms with Crippen molar-refractivity contribution in [2.45, 2.75) is 0 Å². The molecule has 2 nitrogen and oxygen atoms in total. The molecule has 0 radical (unpaired) electrons. The first kappa shape index (κ1) is 29.5. The Morgan fingerprint density at radius 1 is 0.280 bits per heavy atom. The maximum Gasteiger partial charge on any atom is 0.160 e. The van der Waals surface area contributed by atoms with Crippen molar-refractivity contribution in [1.82, 2.24) is 9.97 Å². The molecule has 0 bridgehead atoms. The normalized spacial score (nSPS) is 11.2. The average molecular weight is 637 g/mol. The first-order chi connectivity index (χ1) is 24.8. The van der Waals surface area contributed by atoms with Crippen molar-refractivity contribution in [2.24, 2.45) is 0 Å². The fourth-order valence-corrected chi connectivity index (χ4v) is 6.90. The first-order valence-electron chi connectivity index (χ1n) is 17.0. The highest BCUT2D eigenvalue weighted by Crippen LogP contribution is 2.37. The highest BCUT2D eigenvalue weighted by atomic mass is 14.9. The van der Waals surface area contributed by atoms with Crippen molar-refractivity contribution in [1.29, 1.82) is 0 Å². The molecule has 2 heteroatoms. The number of fused-ring (bicyclic) bond motifs is 3. The molecule has 0 N–H and O–H groups in total. The van der Waals surface area contributed by atoms with Gasteiger partial charge in [-0.15, -0.1) is 0 Å². The Morgan fingerprint density at radius 2 is 0.720 bits per heavy atom. The standard InChI is InChI=1S/C48H32N2/c1-3-11-33(12-4-1)35-21-25-37(26-22-35)40-16-9-18-42(31-40)47-46-44-20-8-7-15-39(44)29-30-45(46)49-48(50-47)43-19-10-17-41(32-43)38-27-23-36(24-28-38)34-13-5-2-6-14-34/h1-32H. The van der Waals surface area contributed by atoms with Crippen LogP contribution >= 0.6 is 0 Å². The van der Waals surface area contributed by atoms with Crippen LogP contribution in [-0.2, 0) is 0 Å². The Morgan fingerprint density at radius 3 is 1.32 bits per heavy atom. The lowest BCUT2D eigenvalue weighted by atomic mass is 9.96. The van der Waals surface area contributed by atoms with Gasteiger partial charge in [-0.1, -0.05) is 176 Å². The Balaban J connectivity index is 1.14. The van der Waals surface area contributed by atoms with Crippen LogP contribution in [-0.4, -0.2) is 9.97 Å². The van der Waals surface area contributed by atoms with E-state index < -0.39 is 0 Å². The molecule has 0 aliphatic rings. The third-order valence-corrected chi connectivity index (χ3v) is 9.50. The molecule has 0 aliphatic carbocycles. The average Bonchev–Trinajstić information content (AvgIpc) is 3.21. The molecule has 0 fully saturated rings.